The predicted octanol–water partition coefficient (Wildman–Crippen LogP) is 2.74. The van der Waals surface area contributed by atoms with Crippen molar-refractivity contribution in [3.63, 3.8) is 0 Å². The van der Waals surface area contributed by atoms with Gasteiger partial charge in [0.2, 0.25) is 0 Å². The molecule has 2 saturated heterocycles. The highest BCUT2D eigenvalue weighted by Gasteiger charge is 2.38. The number of amides is 2. The lowest BCUT2D eigenvalue weighted by molar-refractivity contribution is 0.151. The summed E-state index contributed by atoms with van der Waals surface area (Å²) in [5.41, 5.74) is 2.01. The fourth-order valence-corrected chi connectivity index (χ4v) is 3.60. The van der Waals surface area contributed by atoms with E-state index in [0.29, 0.717) is 18.1 Å². The molecule has 2 heterocycles. The van der Waals surface area contributed by atoms with Crippen LogP contribution in [0.15, 0.2) is 24.3 Å². The SMILES string of the molecule is Cc1cccc(NC(=O)NC2CC3CCC(C2)N3C)c1. The minimum Gasteiger partial charge on any atom is -0.335 e. The van der Waals surface area contributed by atoms with Gasteiger partial charge in [-0.25, -0.2) is 4.79 Å². The number of carbonyl (C=O) groups excluding carboxylic acids is 1. The molecule has 1 aromatic rings. The van der Waals surface area contributed by atoms with E-state index in [1.165, 1.54) is 12.8 Å². The van der Waals surface area contributed by atoms with Crippen molar-refractivity contribution in [3.8, 4) is 0 Å². The number of fused-ring (bicyclic) bond motifs is 2. The monoisotopic (exact) mass is 273 g/mol. The van der Waals surface area contributed by atoms with Gasteiger partial charge in [0.1, 0.15) is 0 Å². The Bertz CT molecular complexity index is 488. The lowest BCUT2D eigenvalue weighted by Crippen LogP contribution is -2.49. The fourth-order valence-electron chi connectivity index (χ4n) is 3.60. The average Bonchev–Trinajstić information content (AvgIpc) is 2.61. The van der Waals surface area contributed by atoms with Gasteiger partial charge in [-0.15, -0.1) is 0 Å². The van der Waals surface area contributed by atoms with Crippen LogP contribution in [0.3, 0.4) is 0 Å². The minimum atomic E-state index is -0.0791. The average molecular weight is 273 g/mol. The summed E-state index contributed by atoms with van der Waals surface area (Å²) in [7, 11) is 2.21. The molecule has 4 nitrogen and oxygen atoms in total. The van der Waals surface area contributed by atoms with Gasteiger partial charge in [0.15, 0.2) is 0 Å². The molecule has 2 bridgehead atoms. The van der Waals surface area contributed by atoms with Crippen LogP contribution in [0.25, 0.3) is 0 Å². The molecule has 1 aromatic carbocycles. The van der Waals surface area contributed by atoms with Gasteiger partial charge in [0.05, 0.1) is 0 Å². The van der Waals surface area contributed by atoms with E-state index in [4.69, 9.17) is 0 Å². The molecule has 0 spiro atoms. The first-order valence-corrected chi connectivity index (χ1v) is 7.48. The van der Waals surface area contributed by atoms with Crippen LogP contribution in [-0.2, 0) is 0 Å². The molecule has 2 N–H and O–H groups in total. The number of hydrogen-bond acceptors (Lipinski definition) is 2. The summed E-state index contributed by atoms with van der Waals surface area (Å²) in [6, 6.07) is 9.43. The molecule has 4 heteroatoms. The molecule has 20 heavy (non-hydrogen) atoms. The third-order valence-electron chi connectivity index (χ3n) is 4.71. The summed E-state index contributed by atoms with van der Waals surface area (Å²) < 4.78 is 0. The van der Waals surface area contributed by atoms with Gasteiger partial charge in [-0.3, -0.25) is 0 Å². The minimum absolute atomic E-state index is 0.0791. The van der Waals surface area contributed by atoms with Crippen LogP contribution >= 0.6 is 0 Å². The number of hydrogen-bond donors (Lipinski definition) is 2. The topological polar surface area (TPSA) is 44.4 Å². The van der Waals surface area contributed by atoms with Gasteiger partial charge in [0.25, 0.3) is 0 Å². The molecule has 108 valence electrons. The molecule has 2 aliphatic rings. The number of piperidine rings is 1. The maximum atomic E-state index is 12.1. The number of nitrogens with one attached hydrogen (secondary N) is 2. The third-order valence-corrected chi connectivity index (χ3v) is 4.71. The van der Waals surface area contributed by atoms with Crippen LogP contribution in [0.2, 0.25) is 0 Å². The van der Waals surface area contributed by atoms with Crippen LogP contribution in [0.4, 0.5) is 10.5 Å². The van der Waals surface area contributed by atoms with E-state index in [0.717, 1.165) is 24.1 Å². The van der Waals surface area contributed by atoms with E-state index in [-0.39, 0.29) is 6.03 Å². The normalized spacial score (nSPS) is 29.2. The number of urea groups is 1. The quantitative estimate of drug-likeness (QED) is 0.870. The Labute approximate surface area is 120 Å². The van der Waals surface area contributed by atoms with E-state index in [1.54, 1.807) is 0 Å². The molecule has 2 atom stereocenters. The summed E-state index contributed by atoms with van der Waals surface area (Å²) in [6.45, 7) is 2.03. The van der Waals surface area contributed by atoms with Crippen LogP contribution < -0.4 is 10.6 Å². The number of rotatable bonds is 2. The van der Waals surface area contributed by atoms with Crippen molar-refractivity contribution in [2.75, 3.05) is 12.4 Å². The number of anilines is 1. The van der Waals surface area contributed by atoms with E-state index >= 15 is 0 Å². The molecule has 0 saturated carbocycles. The van der Waals surface area contributed by atoms with Crippen molar-refractivity contribution >= 4 is 11.7 Å². The smallest absolute Gasteiger partial charge is 0.319 e. The van der Waals surface area contributed by atoms with Crippen molar-refractivity contribution < 1.29 is 4.79 Å². The Hall–Kier alpha value is -1.55. The lowest BCUT2D eigenvalue weighted by atomic mass is 9.98. The molecule has 3 rings (SSSR count). The highest BCUT2D eigenvalue weighted by Crippen LogP contribution is 2.34. The third kappa shape index (κ3) is 2.80. The zero-order valence-corrected chi connectivity index (χ0v) is 12.2. The predicted molar refractivity (Wildman–Crippen MR) is 80.9 cm³/mol. The largest absolute Gasteiger partial charge is 0.335 e. The number of benzene rings is 1. The van der Waals surface area contributed by atoms with Crippen LogP contribution in [0.5, 0.6) is 0 Å². The van der Waals surface area contributed by atoms with Gasteiger partial charge in [-0.1, -0.05) is 12.1 Å². The van der Waals surface area contributed by atoms with E-state index in [2.05, 4.69) is 22.6 Å². The van der Waals surface area contributed by atoms with E-state index in [1.807, 2.05) is 31.2 Å². The molecule has 2 fully saturated rings. The molecule has 2 amide bonds. The molecule has 0 aliphatic carbocycles. The Balaban J connectivity index is 1.55. The molecular weight excluding hydrogens is 250 g/mol. The van der Waals surface area contributed by atoms with Crippen molar-refractivity contribution in [2.45, 2.75) is 50.7 Å². The standard InChI is InChI=1S/C16H23N3O/c1-11-4-3-5-12(8-11)17-16(20)18-13-9-14-6-7-15(10-13)19(14)2/h3-5,8,13-15H,6-7,9-10H2,1-2H3,(H2,17,18,20). The van der Waals surface area contributed by atoms with Crippen molar-refractivity contribution in [3.05, 3.63) is 29.8 Å². The number of carbonyl (C=O) groups is 1. The first-order chi connectivity index (χ1) is 9.61. The van der Waals surface area contributed by atoms with Crippen molar-refractivity contribution in [1.29, 1.82) is 0 Å². The lowest BCUT2D eigenvalue weighted by Gasteiger charge is -2.36. The Morgan fingerprint density at radius 1 is 1.25 bits per heavy atom. The second-order valence-corrected chi connectivity index (χ2v) is 6.19. The summed E-state index contributed by atoms with van der Waals surface area (Å²) in [5.74, 6) is 0. The summed E-state index contributed by atoms with van der Waals surface area (Å²) in [6.07, 6.45) is 4.71. The van der Waals surface area contributed by atoms with Gasteiger partial charge in [-0.2, -0.15) is 0 Å². The zero-order chi connectivity index (χ0) is 14.1. The first kappa shape index (κ1) is 13.4. The van der Waals surface area contributed by atoms with Gasteiger partial charge in [-0.05, 0) is 57.4 Å². The van der Waals surface area contributed by atoms with Crippen LogP contribution in [0, 0.1) is 6.92 Å². The van der Waals surface area contributed by atoms with Crippen LogP contribution in [-0.4, -0.2) is 36.1 Å². The zero-order valence-electron chi connectivity index (χ0n) is 12.2. The number of aryl methyl sites for hydroxylation is 1. The van der Waals surface area contributed by atoms with Gasteiger partial charge < -0.3 is 15.5 Å². The number of nitrogens with zero attached hydrogens (tertiary/aromatic N) is 1. The van der Waals surface area contributed by atoms with Gasteiger partial charge in [0, 0.05) is 23.8 Å². The van der Waals surface area contributed by atoms with Crippen LogP contribution in [0.1, 0.15) is 31.2 Å². The molecule has 2 aliphatic heterocycles. The highest BCUT2D eigenvalue weighted by molar-refractivity contribution is 5.89. The second-order valence-electron chi connectivity index (χ2n) is 6.19. The second kappa shape index (κ2) is 5.44. The Morgan fingerprint density at radius 3 is 2.60 bits per heavy atom. The maximum absolute atomic E-state index is 12.1. The summed E-state index contributed by atoms with van der Waals surface area (Å²) in [5, 5.41) is 6.06. The Morgan fingerprint density at radius 2 is 1.95 bits per heavy atom. The maximum Gasteiger partial charge on any atom is 0.319 e. The molecular formula is C16H23N3O. The molecule has 0 aromatic heterocycles. The van der Waals surface area contributed by atoms with E-state index < -0.39 is 0 Å². The first-order valence-electron chi connectivity index (χ1n) is 7.48. The van der Waals surface area contributed by atoms with Crippen molar-refractivity contribution in [1.82, 2.24) is 10.2 Å². The highest BCUT2D eigenvalue weighted by atomic mass is 16.2. The molecule has 2 unspecified atom stereocenters. The summed E-state index contributed by atoms with van der Waals surface area (Å²) >= 11 is 0. The summed E-state index contributed by atoms with van der Waals surface area (Å²) in [4.78, 5) is 14.6. The fraction of sp³-hybridized carbons (Fsp3) is 0.562. The Kier molecular flexibility index (Phi) is 3.66. The molecule has 0 radical (unpaired) electrons. The van der Waals surface area contributed by atoms with Crippen molar-refractivity contribution in [2.24, 2.45) is 0 Å². The van der Waals surface area contributed by atoms with E-state index in [9.17, 15) is 4.79 Å². The van der Waals surface area contributed by atoms with Gasteiger partial charge >= 0.3 is 6.03 Å².